The minimum Gasteiger partial charge on any atom is -0.455 e. The van der Waals surface area contributed by atoms with Gasteiger partial charge in [0.25, 0.3) is 0 Å². The van der Waals surface area contributed by atoms with Crippen LogP contribution in [0.1, 0.15) is 29.7 Å². The standard InChI is InChI=1S/C25H22ClN5O4/c1-12-9-16(14(3)27-18-5-6-19(26)28-20(18)24-29-25(33)35-30-24)23-17(10-12)21(32)13(2)22(34-23)15-7-8-31(4)11-15/h5-11,14,27H,1-4H3,(H,29,30,33). The van der Waals surface area contributed by atoms with Crippen LogP contribution in [0.5, 0.6) is 0 Å². The first-order valence-electron chi connectivity index (χ1n) is 10.9. The molecule has 0 spiro atoms. The van der Waals surface area contributed by atoms with Crippen LogP contribution in [0.4, 0.5) is 5.69 Å². The first-order valence-corrected chi connectivity index (χ1v) is 11.3. The molecule has 9 nitrogen and oxygen atoms in total. The summed E-state index contributed by atoms with van der Waals surface area (Å²) in [4.78, 5) is 31.6. The third-order valence-electron chi connectivity index (χ3n) is 5.85. The van der Waals surface area contributed by atoms with E-state index in [1.54, 1.807) is 19.1 Å². The number of hydrogen-bond acceptors (Lipinski definition) is 7. The van der Waals surface area contributed by atoms with Gasteiger partial charge in [0.2, 0.25) is 5.82 Å². The van der Waals surface area contributed by atoms with Gasteiger partial charge in [0.05, 0.1) is 17.1 Å². The second-order valence-corrected chi connectivity index (χ2v) is 8.91. The minimum absolute atomic E-state index is 0.0729. The molecule has 0 bridgehead atoms. The molecule has 2 N–H and O–H groups in total. The first kappa shape index (κ1) is 22.7. The van der Waals surface area contributed by atoms with Crippen LogP contribution >= 0.6 is 11.6 Å². The Bertz CT molecular complexity index is 1690. The molecule has 4 heterocycles. The summed E-state index contributed by atoms with van der Waals surface area (Å²) < 4.78 is 12.9. The summed E-state index contributed by atoms with van der Waals surface area (Å²) in [5, 5.41) is 7.87. The number of H-pyrrole nitrogens is 1. The van der Waals surface area contributed by atoms with Crippen molar-refractivity contribution in [1.82, 2.24) is 19.7 Å². The van der Waals surface area contributed by atoms with E-state index in [9.17, 15) is 9.59 Å². The zero-order valence-electron chi connectivity index (χ0n) is 19.5. The highest BCUT2D eigenvalue weighted by Gasteiger charge is 2.21. The lowest BCUT2D eigenvalue weighted by molar-refractivity contribution is 0.388. The summed E-state index contributed by atoms with van der Waals surface area (Å²) in [5.74, 6) is -0.0136. The van der Waals surface area contributed by atoms with E-state index in [-0.39, 0.29) is 22.4 Å². The van der Waals surface area contributed by atoms with Crippen LogP contribution in [0, 0.1) is 13.8 Å². The van der Waals surface area contributed by atoms with Gasteiger partial charge in [-0.1, -0.05) is 22.8 Å². The molecule has 1 atom stereocenters. The number of benzene rings is 1. The molecule has 10 heteroatoms. The average molecular weight is 492 g/mol. The molecule has 0 saturated carbocycles. The van der Waals surface area contributed by atoms with Gasteiger partial charge in [-0.05, 0) is 50.6 Å². The number of aromatic amines is 1. The molecule has 4 aromatic heterocycles. The van der Waals surface area contributed by atoms with Crippen molar-refractivity contribution in [3.05, 3.63) is 85.3 Å². The number of aromatic nitrogens is 4. The number of nitrogens with one attached hydrogen (secondary N) is 2. The van der Waals surface area contributed by atoms with E-state index in [2.05, 4.69) is 25.0 Å². The number of pyridine rings is 1. The van der Waals surface area contributed by atoms with Crippen molar-refractivity contribution >= 4 is 28.3 Å². The van der Waals surface area contributed by atoms with Crippen LogP contribution in [0.3, 0.4) is 0 Å². The van der Waals surface area contributed by atoms with Crippen molar-refractivity contribution in [3.8, 4) is 22.8 Å². The predicted molar refractivity (Wildman–Crippen MR) is 134 cm³/mol. The normalized spacial score (nSPS) is 12.3. The highest BCUT2D eigenvalue weighted by atomic mass is 35.5. The number of rotatable bonds is 5. The smallest absolute Gasteiger partial charge is 0.439 e. The summed E-state index contributed by atoms with van der Waals surface area (Å²) in [6, 6.07) is 8.79. The average Bonchev–Trinajstić information content (AvgIpc) is 3.45. The molecule has 0 aliphatic rings. The number of aryl methyl sites for hydroxylation is 2. The first-order chi connectivity index (χ1) is 16.7. The van der Waals surface area contributed by atoms with Gasteiger partial charge in [0.1, 0.15) is 22.2 Å². The van der Waals surface area contributed by atoms with Crippen LogP contribution in [0.15, 0.2) is 61.3 Å². The Kier molecular flexibility index (Phi) is 5.56. The molecule has 1 unspecified atom stereocenters. The lowest BCUT2D eigenvalue weighted by atomic mass is 9.99. The number of nitrogens with zero attached hydrogens (tertiary/aromatic N) is 3. The monoisotopic (exact) mass is 491 g/mol. The Labute approximate surface area is 204 Å². The van der Waals surface area contributed by atoms with Gasteiger partial charge in [-0.2, -0.15) is 0 Å². The van der Waals surface area contributed by atoms with Crippen LogP contribution in [0.2, 0.25) is 5.15 Å². The maximum Gasteiger partial charge on any atom is 0.439 e. The molecule has 0 radical (unpaired) electrons. The second kappa shape index (κ2) is 8.59. The second-order valence-electron chi connectivity index (χ2n) is 8.52. The largest absolute Gasteiger partial charge is 0.455 e. The Balaban J connectivity index is 1.64. The summed E-state index contributed by atoms with van der Waals surface area (Å²) in [6.07, 6.45) is 3.82. The van der Waals surface area contributed by atoms with Gasteiger partial charge < -0.3 is 14.3 Å². The van der Waals surface area contributed by atoms with Crippen molar-refractivity contribution in [2.45, 2.75) is 26.8 Å². The molecule has 0 fully saturated rings. The molecule has 5 rings (SSSR count). The van der Waals surface area contributed by atoms with Gasteiger partial charge in [-0.25, -0.2) is 9.78 Å². The van der Waals surface area contributed by atoms with Gasteiger partial charge >= 0.3 is 5.76 Å². The van der Waals surface area contributed by atoms with E-state index in [0.29, 0.717) is 33.7 Å². The quantitative estimate of drug-likeness (QED) is 0.333. The SMILES string of the molecule is Cc1cc(C(C)Nc2ccc(Cl)nc2-c2noc(=O)[nH]2)c2oc(-c3ccn(C)c3)c(C)c(=O)c2c1. The fourth-order valence-electron chi connectivity index (χ4n) is 4.18. The molecule has 0 saturated heterocycles. The number of halogens is 1. The predicted octanol–water partition coefficient (Wildman–Crippen LogP) is 4.98. The molecule has 1 aromatic carbocycles. The van der Waals surface area contributed by atoms with E-state index in [0.717, 1.165) is 16.7 Å². The number of hydrogen-bond donors (Lipinski definition) is 2. The highest BCUT2D eigenvalue weighted by Crippen LogP contribution is 2.34. The lowest BCUT2D eigenvalue weighted by Crippen LogP contribution is -2.13. The van der Waals surface area contributed by atoms with Gasteiger partial charge in [0, 0.05) is 36.1 Å². The van der Waals surface area contributed by atoms with Crippen LogP contribution in [-0.4, -0.2) is 19.7 Å². The minimum atomic E-state index is -0.698. The van der Waals surface area contributed by atoms with E-state index >= 15 is 0 Å². The van der Waals surface area contributed by atoms with E-state index in [4.69, 9.17) is 16.0 Å². The highest BCUT2D eigenvalue weighted by molar-refractivity contribution is 6.29. The van der Waals surface area contributed by atoms with E-state index < -0.39 is 5.76 Å². The van der Waals surface area contributed by atoms with E-state index in [1.165, 1.54) is 0 Å². The number of fused-ring (bicyclic) bond motifs is 1. The Morgan fingerprint density at radius 2 is 1.97 bits per heavy atom. The third-order valence-corrected chi connectivity index (χ3v) is 6.06. The topological polar surface area (TPSA) is 119 Å². The Morgan fingerprint density at radius 3 is 2.66 bits per heavy atom. The van der Waals surface area contributed by atoms with Gasteiger partial charge in [0.15, 0.2) is 5.43 Å². The van der Waals surface area contributed by atoms with Crippen molar-refractivity contribution in [3.63, 3.8) is 0 Å². The zero-order chi connectivity index (χ0) is 24.9. The van der Waals surface area contributed by atoms with Gasteiger partial charge in [-0.15, -0.1) is 0 Å². The van der Waals surface area contributed by atoms with Crippen LogP contribution < -0.4 is 16.5 Å². The van der Waals surface area contributed by atoms with Crippen LogP contribution in [-0.2, 0) is 7.05 Å². The van der Waals surface area contributed by atoms with Crippen molar-refractivity contribution in [2.24, 2.45) is 7.05 Å². The lowest BCUT2D eigenvalue weighted by Gasteiger charge is -2.19. The maximum atomic E-state index is 13.3. The van der Waals surface area contributed by atoms with Crippen molar-refractivity contribution < 1.29 is 8.94 Å². The molecule has 35 heavy (non-hydrogen) atoms. The summed E-state index contributed by atoms with van der Waals surface area (Å²) in [5.41, 5.74) is 4.43. The van der Waals surface area contributed by atoms with Crippen molar-refractivity contribution in [1.29, 1.82) is 0 Å². The Hall–Kier alpha value is -4.11. The van der Waals surface area contributed by atoms with Gasteiger partial charge in [-0.3, -0.25) is 14.3 Å². The molecule has 5 aromatic rings. The summed E-state index contributed by atoms with van der Waals surface area (Å²) in [6.45, 7) is 5.66. The maximum absolute atomic E-state index is 13.3. The van der Waals surface area contributed by atoms with E-state index in [1.807, 2.05) is 56.1 Å². The molecule has 0 aliphatic heterocycles. The Morgan fingerprint density at radius 1 is 1.17 bits per heavy atom. The zero-order valence-corrected chi connectivity index (χ0v) is 20.2. The molecule has 0 aliphatic carbocycles. The summed E-state index contributed by atoms with van der Waals surface area (Å²) in [7, 11) is 1.92. The molecular formula is C25H22ClN5O4. The molecule has 178 valence electrons. The number of anilines is 1. The van der Waals surface area contributed by atoms with Crippen molar-refractivity contribution in [2.75, 3.05) is 5.32 Å². The summed E-state index contributed by atoms with van der Waals surface area (Å²) >= 11 is 6.09. The molecular weight excluding hydrogens is 470 g/mol. The van der Waals surface area contributed by atoms with Crippen LogP contribution in [0.25, 0.3) is 33.8 Å². The molecule has 0 amide bonds. The fraction of sp³-hybridized carbons (Fsp3) is 0.200. The fourth-order valence-corrected chi connectivity index (χ4v) is 4.32. The third kappa shape index (κ3) is 4.15.